The molecule has 15 heavy (non-hydrogen) atoms. The van der Waals surface area contributed by atoms with Gasteiger partial charge in [0.15, 0.2) is 0 Å². The van der Waals surface area contributed by atoms with Crippen LogP contribution in [0, 0.1) is 5.92 Å². The quantitative estimate of drug-likeness (QED) is 0.685. The molecule has 1 aliphatic rings. The Morgan fingerprint density at radius 3 is 2.33 bits per heavy atom. The molecule has 1 aliphatic heterocycles. The van der Waals surface area contributed by atoms with Crippen molar-refractivity contribution >= 4 is 5.91 Å². The van der Waals surface area contributed by atoms with Gasteiger partial charge in [-0.05, 0) is 30.9 Å². The maximum atomic E-state index is 12.0. The summed E-state index contributed by atoms with van der Waals surface area (Å²) >= 11 is 0. The van der Waals surface area contributed by atoms with E-state index in [0.29, 0.717) is 0 Å². The molecule has 1 radical (unpaired) electrons. The molecule has 2 rings (SSSR count). The number of rotatable bonds is 1. The summed E-state index contributed by atoms with van der Waals surface area (Å²) in [6.07, 6.45) is 2.11. The Kier molecular flexibility index (Phi) is 3.05. The molecule has 0 aliphatic carbocycles. The van der Waals surface area contributed by atoms with Gasteiger partial charge in [-0.15, -0.1) is 0 Å². The zero-order chi connectivity index (χ0) is 10.7. The van der Waals surface area contributed by atoms with E-state index in [1.807, 2.05) is 35.2 Å². The van der Waals surface area contributed by atoms with Crippen molar-refractivity contribution in [1.29, 1.82) is 0 Å². The lowest BCUT2D eigenvalue weighted by atomic mass is 9.98. The van der Waals surface area contributed by atoms with E-state index in [1.54, 1.807) is 0 Å². The highest BCUT2D eigenvalue weighted by Gasteiger charge is 2.21. The number of benzene rings is 1. The fraction of sp³-hybridized carbons (Fsp3) is 0.385. The molecular weight excluding hydrogens is 186 g/mol. The third kappa shape index (κ3) is 2.38. The first-order valence-electron chi connectivity index (χ1n) is 5.43. The van der Waals surface area contributed by atoms with E-state index in [9.17, 15) is 4.79 Å². The number of hydrogen-bond donors (Lipinski definition) is 0. The zero-order valence-electron chi connectivity index (χ0n) is 9.07. The van der Waals surface area contributed by atoms with Gasteiger partial charge in [-0.3, -0.25) is 4.79 Å². The maximum absolute atomic E-state index is 12.0. The molecule has 0 spiro atoms. The van der Waals surface area contributed by atoms with E-state index in [1.165, 1.54) is 5.92 Å². The Balaban J connectivity index is 2.03. The first-order valence-corrected chi connectivity index (χ1v) is 5.43. The first kappa shape index (κ1) is 10.2. The zero-order valence-corrected chi connectivity index (χ0v) is 9.07. The third-order valence-corrected chi connectivity index (χ3v) is 2.92. The smallest absolute Gasteiger partial charge is 0.253 e. The highest BCUT2D eigenvalue weighted by molar-refractivity contribution is 5.94. The molecule has 0 atom stereocenters. The third-order valence-electron chi connectivity index (χ3n) is 2.92. The maximum Gasteiger partial charge on any atom is 0.253 e. The summed E-state index contributed by atoms with van der Waals surface area (Å²) in [5.41, 5.74) is 0.803. The predicted molar refractivity (Wildman–Crippen MR) is 60.5 cm³/mol. The highest BCUT2D eigenvalue weighted by Crippen LogP contribution is 2.19. The molecule has 0 saturated carbocycles. The van der Waals surface area contributed by atoms with Gasteiger partial charge in [-0.25, -0.2) is 0 Å². The lowest BCUT2D eigenvalue weighted by Gasteiger charge is -2.30. The van der Waals surface area contributed by atoms with Gasteiger partial charge in [0.25, 0.3) is 5.91 Å². The van der Waals surface area contributed by atoms with Crippen LogP contribution in [0.25, 0.3) is 0 Å². The normalized spacial score (nSPS) is 17.8. The van der Waals surface area contributed by atoms with Crippen LogP contribution >= 0.6 is 0 Å². The molecule has 0 unspecified atom stereocenters. The topological polar surface area (TPSA) is 20.3 Å². The van der Waals surface area contributed by atoms with Crippen molar-refractivity contribution in [3.8, 4) is 0 Å². The van der Waals surface area contributed by atoms with Crippen LogP contribution in [0.15, 0.2) is 30.3 Å². The van der Waals surface area contributed by atoms with Crippen LogP contribution in [-0.2, 0) is 0 Å². The number of carbonyl (C=O) groups is 1. The molecular formula is C13H16NO. The van der Waals surface area contributed by atoms with Crippen LogP contribution in [-0.4, -0.2) is 23.9 Å². The van der Waals surface area contributed by atoms with Crippen molar-refractivity contribution in [2.75, 3.05) is 13.1 Å². The molecule has 79 valence electrons. The molecule has 1 heterocycles. The largest absolute Gasteiger partial charge is 0.339 e. The number of amides is 1. The van der Waals surface area contributed by atoms with Gasteiger partial charge in [0, 0.05) is 18.7 Å². The second kappa shape index (κ2) is 4.47. The van der Waals surface area contributed by atoms with Gasteiger partial charge in [-0.1, -0.05) is 25.1 Å². The van der Waals surface area contributed by atoms with E-state index in [4.69, 9.17) is 0 Å². The number of nitrogens with zero attached hydrogens (tertiary/aromatic N) is 1. The average molecular weight is 202 g/mol. The summed E-state index contributed by atoms with van der Waals surface area (Å²) in [6.45, 7) is 3.92. The van der Waals surface area contributed by atoms with Crippen LogP contribution < -0.4 is 0 Å². The summed E-state index contributed by atoms with van der Waals surface area (Å²) < 4.78 is 0. The SMILES string of the molecule is C[C]1CCN(C(=O)c2ccccc2)CC1. The van der Waals surface area contributed by atoms with E-state index < -0.39 is 0 Å². The molecule has 2 heteroatoms. The second-order valence-corrected chi connectivity index (χ2v) is 4.12. The van der Waals surface area contributed by atoms with Crippen LogP contribution in [0.5, 0.6) is 0 Å². The molecule has 1 aromatic carbocycles. The molecule has 1 amide bonds. The number of piperidine rings is 1. The Labute approximate surface area is 90.9 Å². The predicted octanol–water partition coefficient (Wildman–Crippen LogP) is 2.52. The van der Waals surface area contributed by atoms with Gasteiger partial charge < -0.3 is 4.90 Å². The van der Waals surface area contributed by atoms with Gasteiger partial charge in [-0.2, -0.15) is 0 Å². The summed E-state index contributed by atoms with van der Waals surface area (Å²) in [7, 11) is 0. The summed E-state index contributed by atoms with van der Waals surface area (Å²) in [5.74, 6) is 1.68. The van der Waals surface area contributed by atoms with Crippen LogP contribution in [0.4, 0.5) is 0 Å². The van der Waals surface area contributed by atoms with Crippen LogP contribution in [0.3, 0.4) is 0 Å². The summed E-state index contributed by atoms with van der Waals surface area (Å²) in [6, 6.07) is 9.52. The minimum Gasteiger partial charge on any atom is -0.339 e. The van der Waals surface area contributed by atoms with Gasteiger partial charge in [0.1, 0.15) is 0 Å². The first-order chi connectivity index (χ1) is 7.27. The Morgan fingerprint density at radius 2 is 1.73 bits per heavy atom. The molecule has 1 fully saturated rings. The van der Waals surface area contributed by atoms with E-state index >= 15 is 0 Å². The molecule has 2 nitrogen and oxygen atoms in total. The second-order valence-electron chi connectivity index (χ2n) is 4.12. The molecule has 1 saturated heterocycles. The Bertz CT molecular complexity index is 326. The fourth-order valence-corrected chi connectivity index (χ4v) is 1.85. The highest BCUT2D eigenvalue weighted by atomic mass is 16.2. The van der Waals surface area contributed by atoms with Crippen LogP contribution in [0.1, 0.15) is 30.1 Å². The van der Waals surface area contributed by atoms with E-state index in [-0.39, 0.29) is 5.91 Å². The summed E-state index contributed by atoms with van der Waals surface area (Å²) in [4.78, 5) is 14.0. The average Bonchev–Trinajstić information content (AvgIpc) is 2.30. The molecule has 0 aromatic heterocycles. The standard InChI is InChI=1S/C13H16NO/c1-11-7-9-14(10-8-11)13(15)12-5-3-2-4-6-12/h2-6H,7-10H2,1H3. The lowest BCUT2D eigenvalue weighted by molar-refractivity contribution is 0.0734. The van der Waals surface area contributed by atoms with Gasteiger partial charge in [0.2, 0.25) is 0 Å². The van der Waals surface area contributed by atoms with Gasteiger partial charge >= 0.3 is 0 Å². The van der Waals surface area contributed by atoms with Crippen LogP contribution in [0.2, 0.25) is 0 Å². The summed E-state index contributed by atoms with van der Waals surface area (Å²) in [5, 5.41) is 0. The molecule has 1 aromatic rings. The number of carbonyl (C=O) groups excluding carboxylic acids is 1. The van der Waals surface area contributed by atoms with Crippen molar-refractivity contribution in [1.82, 2.24) is 4.90 Å². The van der Waals surface area contributed by atoms with E-state index in [2.05, 4.69) is 6.92 Å². The number of hydrogen-bond acceptors (Lipinski definition) is 1. The fourth-order valence-electron chi connectivity index (χ4n) is 1.85. The minimum atomic E-state index is 0.170. The van der Waals surface area contributed by atoms with Crippen molar-refractivity contribution in [2.24, 2.45) is 0 Å². The van der Waals surface area contributed by atoms with Crippen molar-refractivity contribution in [2.45, 2.75) is 19.8 Å². The van der Waals surface area contributed by atoms with Crippen molar-refractivity contribution in [3.05, 3.63) is 41.8 Å². The minimum absolute atomic E-state index is 0.170. The van der Waals surface area contributed by atoms with Crippen molar-refractivity contribution < 1.29 is 4.79 Å². The lowest BCUT2D eigenvalue weighted by Crippen LogP contribution is -2.37. The van der Waals surface area contributed by atoms with E-state index in [0.717, 1.165) is 31.5 Å². The Hall–Kier alpha value is -1.31. The van der Waals surface area contributed by atoms with Crippen molar-refractivity contribution in [3.63, 3.8) is 0 Å². The monoisotopic (exact) mass is 202 g/mol. The Morgan fingerprint density at radius 1 is 1.13 bits per heavy atom. The number of likely N-dealkylation sites (tertiary alicyclic amines) is 1. The molecule has 0 N–H and O–H groups in total. The van der Waals surface area contributed by atoms with Gasteiger partial charge in [0.05, 0.1) is 0 Å². The molecule has 0 bridgehead atoms.